The zero-order chi connectivity index (χ0) is 37.9. The van der Waals surface area contributed by atoms with E-state index in [-0.39, 0.29) is 0 Å². The third-order valence-electron chi connectivity index (χ3n) is 12.4. The van der Waals surface area contributed by atoms with Crippen molar-refractivity contribution in [2.45, 2.75) is 0 Å². The van der Waals surface area contributed by atoms with Crippen molar-refractivity contribution in [1.29, 1.82) is 0 Å². The van der Waals surface area contributed by atoms with Crippen LogP contribution in [0.4, 0.5) is 0 Å². The average Bonchev–Trinajstić information content (AvgIpc) is 3.86. The van der Waals surface area contributed by atoms with E-state index in [4.69, 9.17) is 8.83 Å². The molecule has 0 amide bonds. The third-order valence-corrected chi connectivity index (χ3v) is 12.4. The lowest BCUT2D eigenvalue weighted by atomic mass is 9.84. The van der Waals surface area contributed by atoms with Gasteiger partial charge in [0, 0.05) is 26.9 Å². The summed E-state index contributed by atoms with van der Waals surface area (Å²) in [7, 11) is 0. The molecule has 0 aliphatic rings. The maximum absolute atomic E-state index is 6.68. The number of para-hydroxylation sites is 1. The molecule has 0 unspecified atom stereocenters. The maximum atomic E-state index is 6.68. The van der Waals surface area contributed by atoms with Gasteiger partial charge in [-0.25, -0.2) is 0 Å². The lowest BCUT2D eigenvalue weighted by Crippen LogP contribution is -1.91. The van der Waals surface area contributed by atoms with Crippen LogP contribution in [0.25, 0.3) is 131 Å². The molecule has 13 aromatic rings. The van der Waals surface area contributed by atoms with Gasteiger partial charge in [0.1, 0.15) is 22.3 Å². The zero-order valence-electron chi connectivity index (χ0n) is 31.3. The summed E-state index contributed by atoms with van der Waals surface area (Å²) < 4.78 is 12.9. The first kappa shape index (κ1) is 31.5. The van der Waals surface area contributed by atoms with Crippen LogP contribution in [0.1, 0.15) is 0 Å². The monoisotopic (exact) mass is 736 g/mol. The summed E-state index contributed by atoms with van der Waals surface area (Å²) in [5, 5.41) is 16.7. The van der Waals surface area contributed by atoms with Gasteiger partial charge in [0.25, 0.3) is 0 Å². The zero-order valence-corrected chi connectivity index (χ0v) is 31.3. The lowest BCUT2D eigenvalue weighted by molar-refractivity contribution is 0.664. The molecule has 268 valence electrons. The fourth-order valence-electron chi connectivity index (χ4n) is 9.79. The maximum Gasteiger partial charge on any atom is 0.143 e. The molecule has 2 heterocycles. The molecule has 0 aliphatic heterocycles. The van der Waals surface area contributed by atoms with Crippen molar-refractivity contribution in [2.24, 2.45) is 0 Å². The second-order valence-corrected chi connectivity index (χ2v) is 15.5. The first-order valence-electron chi connectivity index (χ1n) is 19.9. The van der Waals surface area contributed by atoms with Crippen molar-refractivity contribution >= 4 is 97.7 Å². The predicted molar refractivity (Wildman–Crippen MR) is 245 cm³/mol. The molecule has 11 aromatic carbocycles. The van der Waals surface area contributed by atoms with Crippen molar-refractivity contribution in [3.05, 3.63) is 194 Å². The molecular formula is C56H32O2. The third kappa shape index (κ3) is 4.48. The Balaban J connectivity index is 0.956. The number of hydrogen-bond acceptors (Lipinski definition) is 2. The lowest BCUT2D eigenvalue weighted by Gasteiger charge is -2.19. The van der Waals surface area contributed by atoms with Crippen LogP contribution in [0.3, 0.4) is 0 Å². The van der Waals surface area contributed by atoms with E-state index in [9.17, 15) is 0 Å². The molecule has 0 saturated carbocycles. The summed E-state index contributed by atoms with van der Waals surface area (Å²) in [6, 6.07) is 70.5. The Bertz CT molecular complexity index is 3800. The molecule has 0 atom stereocenters. The van der Waals surface area contributed by atoms with E-state index in [1.807, 2.05) is 24.3 Å². The largest absolute Gasteiger partial charge is 0.456 e. The highest BCUT2D eigenvalue weighted by Crippen LogP contribution is 2.46. The summed E-state index contributed by atoms with van der Waals surface area (Å²) in [5.41, 5.74) is 10.9. The van der Waals surface area contributed by atoms with Gasteiger partial charge in [-0.2, -0.15) is 0 Å². The SMILES string of the molecule is c1ccc2c(-c3c4ccccc4c(-c4ccc5cc(-c6ccc7ccc8c(oc9ccc%10oc%11ccccc%11c%10c98)c7c6)ccc5c4)c4ccccc34)cccc2c1. The number of fused-ring (bicyclic) bond motifs is 13. The van der Waals surface area contributed by atoms with Crippen molar-refractivity contribution in [3.8, 4) is 33.4 Å². The highest BCUT2D eigenvalue weighted by molar-refractivity contribution is 6.28. The van der Waals surface area contributed by atoms with E-state index in [1.54, 1.807) is 0 Å². The van der Waals surface area contributed by atoms with Crippen molar-refractivity contribution in [2.75, 3.05) is 0 Å². The Morgan fingerprint density at radius 3 is 1.53 bits per heavy atom. The van der Waals surface area contributed by atoms with Crippen LogP contribution in [-0.4, -0.2) is 0 Å². The van der Waals surface area contributed by atoms with Crippen LogP contribution >= 0.6 is 0 Å². The van der Waals surface area contributed by atoms with Crippen molar-refractivity contribution in [3.63, 3.8) is 0 Å². The Morgan fingerprint density at radius 2 is 0.776 bits per heavy atom. The Hall–Kier alpha value is -7.68. The summed E-state index contributed by atoms with van der Waals surface area (Å²) in [4.78, 5) is 0. The molecule has 0 N–H and O–H groups in total. The smallest absolute Gasteiger partial charge is 0.143 e. The minimum atomic E-state index is 0.872. The van der Waals surface area contributed by atoms with Crippen molar-refractivity contribution < 1.29 is 8.83 Å². The van der Waals surface area contributed by atoms with Crippen molar-refractivity contribution in [1.82, 2.24) is 0 Å². The normalized spacial score (nSPS) is 12.1. The second-order valence-electron chi connectivity index (χ2n) is 15.5. The first-order chi connectivity index (χ1) is 28.7. The minimum absolute atomic E-state index is 0.872. The molecule has 0 aliphatic carbocycles. The Kier molecular flexibility index (Phi) is 6.47. The van der Waals surface area contributed by atoms with E-state index in [0.717, 1.165) is 60.2 Å². The topological polar surface area (TPSA) is 26.3 Å². The van der Waals surface area contributed by atoms with E-state index < -0.39 is 0 Å². The molecule has 2 heteroatoms. The molecule has 58 heavy (non-hydrogen) atoms. The predicted octanol–water partition coefficient (Wildman–Crippen LogP) is 16.3. The van der Waals surface area contributed by atoms with Crippen LogP contribution in [0.5, 0.6) is 0 Å². The van der Waals surface area contributed by atoms with Gasteiger partial charge in [0.2, 0.25) is 0 Å². The molecular weight excluding hydrogens is 705 g/mol. The van der Waals surface area contributed by atoms with Gasteiger partial charge in [0.15, 0.2) is 0 Å². The van der Waals surface area contributed by atoms with Gasteiger partial charge in [-0.15, -0.1) is 0 Å². The first-order valence-corrected chi connectivity index (χ1v) is 19.9. The molecule has 2 nitrogen and oxygen atoms in total. The van der Waals surface area contributed by atoms with Gasteiger partial charge in [0.05, 0.1) is 0 Å². The number of furan rings is 2. The fraction of sp³-hybridized carbons (Fsp3) is 0. The fourth-order valence-corrected chi connectivity index (χ4v) is 9.79. The van der Waals surface area contributed by atoms with Gasteiger partial charge in [-0.3, -0.25) is 0 Å². The number of hydrogen-bond donors (Lipinski definition) is 0. The number of benzene rings is 11. The highest BCUT2D eigenvalue weighted by atomic mass is 16.3. The summed E-state index contributed by atoms with van der Waals surface area (Å²) in [6.45, 7) is 0. The highest BCUT2D eigenvalue weighted by Gasteiger charge is 2.20. The van der Waals surface area contributed by atoms with Crippen LogP contribution in [0.15, 0.2) is 203 Å². The minimum Gasteiger partial charge on any atom is -0.456 e. The van der Waals surface area contributed by atoms with Gasteiger partial charge < -0.3 is 8.83 Å². The van der Waals surface area contributed by atoms with Crippen LogP contribution in [0.2, 0.25) is 0 Å². The van der Waals surface area contributed by atoms with Crippen LogP contribution in [0, 0.1) is 0 Å². The quantitative estimate of drug-likeness (QED) is 0.169. The van der Waals surface area contributed by atoms with Gasteiger partial charge >= 0.3 is 0 Å². The second kappa shape index (κ2) is 11.9. The summed E-state index contributed by atoms with van der Waals surface area (Å²) >= 11 is 0. The molecule has 0 bridgehead atoms. The van der Waals surface area contributed by atoms with E-state index >= 15 is 0 Å². The molecule has 13 rings (SSSR count). The van der Waals surface area contributed by atoms with E-state index in [0.29, 0.717) is 0 Å². The average molecular weight is 737 g/mol. The van der Waals surface area contributed by atoms with Crippen LogP contribution in [-0.2, 0) is 0 Å². The Labute approximate surface area is 332 Å². The summed E-state index contributed by atoms with van der Waals surface area (Å²) in [6.07, 6.45) is 0. The Morgan fingerprint density at radius 1 is 0.259 bits per heavy atom. The molecule has 2 aromatic heterocycles. The van der Waals surface area contributed by atoms with E-state index in [1.165, 1.54) is 70.9 Å². The molecule has 0 fully saturated rings. The van der Waals surface area contributed by atoms with Gasteiger partial charge in [-0.1, -0.05) is 152 Å². The van der Waals surface area contributed by atoms with Crippen LogP contribution < -0.4 is 0 Å². The summed E-state index contributed by atoms with van der Waals surface area (Å²) in [5.74, 6) is 0. The molecule has 0 saturated heterocycles. The van der Waals surface area contributed by atoms with Gasteiger partial charge in [-0.05, 0) is 124 Å². The molecule has 0 radical (unpaired) electrons. The standard InChI is InChI=1S/C56H32O2/c1-2-12-40-33(10-1)11-9-18-41(40)53-44-15-5-3-13-42(44)52(43-14-4-6-16-45(43)53)39-25-24-35-30-36(22-23-37(35)31-39)38-21-20-34-26-27-47-55-51(58-56(47)48(34)32-38)29-28-50-54(55)46-17-7-8-19-49(46)57-50/h1-32H. The number of rotatable bonds is 3. The molecule has 0 spiro atoms. The van der Waals surface area contributed by atoms with E-state index in [2.05, 4.69) is 170 Å².